The molecular weight excluding hydrogens is 238 g/mol. The van der Waals surface area contributed by atoms with Crippen molar-refractivity contribution in [2.24, 2.45) is 23.5 Å². The number of rotatable bonds is 5. The van der Waals surface area contributed by atoms with E-state index in [1.54, 1.807) is 4.88 Å². The predicted octanol–water partition coefficient (Wildman–Crippen LogP) is 4.25. The highest BCUT2D eigenvalue weighted by Crippen LogP contribution is 2.37. The Kier molecular flexibility index (Phi) is 5.25. The highest BCUT2D eigenvalue weighted by atomic mass is 32.1. The maximum Gasteiger partial charge on any atom is 0.00510 e. The molecule has 0 radical (unpaired) electrons. The van der Waals surface area contributed by atoms with Crippen molar-refractivity contribution in [1.29, 1.82) is 0 Å². The lowest BCUT2D eigenvalue weighted by Crippen LogP contribution is -2.31. The SMILES string of the molecule is CCc1ccc(CC2CC(CC)CCC2CN)s1. The van der Waals surface area contributed by atoms with Crippen LogP contribution in [-0.4, -0.2) is 6.54 Å². The zero-order valence-electron chi connectivity index (χ0n) is 11.8. The van der Waals surface area contributed by atoms with Crippen LogP contribution < -0.4 is 5.73 Å². The molecule has 1 aromatic rings. The van der Waals surface area contributed by atoms with Crippen LogP contribution in [0.1, 0.15) is 49.3 Å². The first-order valence-electron chi connectivity index (χ1n) is 7.54. The fourth-order valence-electron chi connectivity index (χ4n) is 3.34. The van der Waals surface area contributed by atoms with Crippen molar-refractivity contribution in [3.05, 3.63) is 21.9 Å². The van der Waals surface area contributed by atoms with E-state index in [1.165, 1.54) is 43.4 Å². The van der Waals surface area contributed by atoms with Crippen LogP contribution in [0.5, 0.6) is 0 Å². The van der Waals surface area contributed by atoms with Gasteiger partial charge in [-0.25, -0.2) is 0 Å². The molecule has 0 amide bonds. The molecule has 18 heavy (non-hydrogen) atoms. The molecule has 1 aromatic heterocycles. The molecule has 0 spiro atoms. The van der Waals surface area contributed by atoms with E-state index in [-0.39, 0.29) is 0 Å². The molecular formula is C16H27NS. The van der Waals surface area contributed by atoms with Crippen molar-refractivity contribution in [3.63, 3.8) is 0 Å². The molecule has 3 atom stereocenters. The fraction of sp³-hybridized carbons (Fsp3) is 0.750. The van der Waals surface area contributed by atoms with Crippen molar-refractivity contribution >= 4 is 11.3 Å². The number of aryl methyl sites for hydroxylation is 1. The van der Waals surface area contributed by atoms with Gasteiger partial charge >= 0.3 is 0 Å². The smallest absolute Gasteiger partial charge is 0.00510 e. The molecule has 1 fully saturated rings. The lowest BCUT2D eigenvalue weighted by molar-refractivity contribution is 0.180. The second kappa shape index (κ2) is 6.72. The molecule has 0 bridgehead atoms. The quantitative estimate of drug-likeness (QED) is 0.846. The first-order valence-corrected chi connectivity index (χ1v) is 8.36. The van der Waals surface area contributed by atoms with Crippen molar-refractivity contribution in [1.82, 2.24) is 0 Å². The van der Waals surface area contributed by atoms with Crippen LogP contribution in [0.2, 0.25) is 0 Å². The number of hydrogen-bond acceptors (Lipinski definition) is 2. The first kappa shape index (κ1) is 14.1. The average Bonchev–Trinajstić information content (AvgIpc) is 2.86. The van der Waals surface area contributed by atoms with Crippen LogP contribution in [0.3, 0.4) is 0 Å². The summed E-state index contributed by atoms with van der Waals surface area (Å²) in [4.78, 5) is 3.10. The highest BCUT2D eigenvalue weighted by Gasteiger charge is 2.29. The summed E-state index contributed by atoms with van der Waals surface area (Å²) in [5.74, 6) is 2.54. The van der Waals surface area contributed by atoms with Gasteiger partial charge in [-0.1, -0.05) is 26.7 Å². The minimum atomic E-state index is 0.764. The minimum Gasteiger partial charge on any atom is -0.330 e. The van der Waals surface area contributed by atoms with Gasteiger partial charge < -0.3 is 5.73 Å². The van der Waals surface area contributed by atoms with Crippen LogP contribution in [-0.2, 0) is 12.8 Å². The highest BCUT2D eigenvalue weighted by molar-refractivity contribution is 7.11. The second-order valence-electron chi connectivity index (χ2n) is 5.77. The predicted molar refractivity (Wildman–Crippen MR) is 81.1 cm³/mol. The van der Waals surface area contributed by atoms with E-state index < -0.39 is 0 Å². The molecule has 1 aliphatic carbocycles. The molecule has 1 nitrogen and oxygen atoms in total. The van der Waals surface area contributed by atoms with Gasteiger partial charge in [-0.15, -0.1) is 11.3 Å². The summed E-state index contributed by atoms with van der Waals surface area (Å²) in [6, 6.07) is 4.64. The summed E-state index contributed by atoms with van der Waals surface area (Å²) < 4.78 is 0. The monoisotopic (exact) mass is 265 g/mol. The zero-order valence-corrected chi connectivity index (χ0v) is 12.6. The molecule has 1 aliphatic rings. The lowest BCUT2D eigenvalue weighted by atomic mass is 9.72. The molecule has 0 saturated heterocycles. The van der Waals surface area contributed by atoms with E-state index in [1.807, 2.05) is 11.3 Å². The Hall–Kier alpha value is -0.340. The summed E-state index contributed by atoms with van der Waals surface area (Å²) in [6.45, 7) is 5.46. The van der Waals surface area contributed by atoms with E-state index in [0.717, 1.165) is 24.3 Å². The zero-order chi connectivity index (χ0) is 13.0. The van der Waals surface area contributed by atoms with Gasteiger partial charge in [0.05, 0.1) is 0 Å². The molecule has 1 saturated carbocycles. The molecule has 0 aliphatic heterocycles. The van der Waals surface area contributed by atoms with Gasteiger partial charge in [0, 0.05) is 9.75 Å². The van der Waals surface area contributed by atoms with E-state index in [2.05, 4.69) is 26.0 Å². The van der Waals surface area contributed by atoms with Gasteiger partial charge in [0.2, 0.25) is 0 Å². The second-order valence-corrected chi connectivity index (χ2v) is 7.02. The van der Waals surface area contributed by atoms with E-state index in [4.69, 9.17) is 5.73 Å². The van der Waals surface area contributed by atoms with Crippen LogP contribution in [0, 0.1) is 17.8 Å². The van der Waals surface area contributed by atoms with Gasteiger partial charge in [0.15, 0.2) is 0 Å². The average molecular weight is 265 g/mol. The molecule has 3 unspecified atom stereocenters. The number of nitrogens with two attached hydrogens (primary N) is 1. The minimum absolute atomic E-state index is 0.764. The fourth-order valence-corrected chi connectivity index (χ4v) is 4.39. The number of hydrogen-bond donors (Lipinski definition) is 1. The van der Waals surface area contributed by atoms with Gasteiger partial charge in [-0.05, 0) is 62.1 Å². The standard InChI is InChI=1S/C16H27NS/c1-3-12-5-6-13(11-17)14(9-12)10-16-8-7-15(4-2)18-16/h7-8,12-14H,3-6,9-11,17H2,1-2H3. The topological polar surface area (TPSA) is 26.0 Å². The Labute approximate surface area is 116 Å². The maximum absolute atomic E-state index is 5.97. The summed E-state index contributed by atoms with van der Waals surface area (Å²) in [5, 5.41) is 0. The van der Waals surface area contributed by atoms with E-state index in [0.29, 0.717) is 0 Å². The van der Waals surface area contributed by atoms with Crippen molar-refractivity contribution in [2.45, 2.75) is 52.4 Å². The Balaban J connectivity index is 1.99. The van der Waals surface area contributed by atoms with Gasteiger partial charge in [0.1, 0.15) is 0 Å². The molecule has 1 heterocycles. The first-order chi connectivity index (χ1) is 8.76. The Morgan fingerprint density at radius 3 is 2.56 bits per heavy atom. The Bertz CT molecular complexity index is 358. The molecule has 0 aromatic carbocycles. The summed E-state index contributed by atoms with van der Waals surface area (Å²) in [6.07, 6.45) is 7.94. The Morgan fingerprint density at radius 2 is 1.94 bits per heavy atom. The Morgan fingerprint density at radius 1 is 1.17 bits per heavy atom. The van der Waals surface area contributed by atoms with Crippen LogP contribution >= 0.6 is 11.3 Å². The third kappa shape index (κ3) is 3.36. The summed E-state index contributed by atoms with van der Waals surface area (Å²) in [7, 11) is 0. The van der Waals surface area contributed by atoms with Crippen molar-refractivity contribution in [3.8, 4) is 0 Å². The summed E-state index contributed by atoms with van der Waals surface area (Å²) >= 11 is 2.01. The molecule has 102 valence electrons. The molecule has 2 heteroatoms. The van der Waals surface area contributed by atoms with Gasteiger partial charge in [-0.3, -0.25) is 0 Å². The maximum atomic E-state index is 5.97. The largest absolute Gasteiger partial charge is 0.330 e. The van der Waals surface area contributed by atoms with Crippen LogP contribution in [0.4, 0.5) is 0 Å². The normalized spacial score (nSPS) is 28.5. The van der Waals surface area contributed by atoms with E-state index >= 15 is 0 Å². The van der Waals surface area contributed by atoms with Crippen LogP contribution in [0.15, 0.2) is 12.1 Å². The third-order valence-electron chi connectivity index (χ3n) is 4.66. The third-order valence-corrected chi connectivity index (χ3v) is 5.91. The van der Waals surface area contributed by atoms with Gasteiger partial charge in [0.25, 0.3) is 0 Å². The van der Waals surface area contributed by atoms with Gasteiger partial charge in [-0.2, -0.15) is 0 Å². The summed E-state index contributed by atoms with van der Waals surface area (Å²) in [5.41, 5.74) is 5.97. The van der Waals surface area contributed by atoms with Crippen LogP contribution in [0.25, 0.3) is 0 Å². The molecule has 2 rings (SSSR count). The van der Waals surface area contributed by atoms with Crippen molar-refractivity contribution < 1.29 is 0 Å². The van der Waals surface area contributed by atoms with E-state index in [9.17, 15) is 0 Å². The number of thiophene rings is 1. The molecule has 2 N–H and O–H groups in total. The lowest BCUT2D eigenvalue weighted by Gasteiger charge is -2.35. The van der Waals surface area contributed by atoms with Crippen molar-refractivity contribution in [2.75, 3.05) is 6.54 Å².